The first-order valence-electron chi connectivity index (χ1n) is 13.7. The molecule has 44 heavy (non-hydrogen) atoms. The normalized spacial score (nSPS) is 18.8. The molecule has 0 N–H and O–H groups in total. The van der Waals surface area contributed by atoms with Crippen molar-refractivity contribution >= 4 is 17.8 Å². The Kier molecular flexibility index (Phi) is 15.7. The molecule has 222 valence electrons. The van der Waals surface area contributed by atoms with Crippen LogP contribution in [0.5, 0.6) is 0 Å². The second kappa shape index (κ2) is 18.1. The van der Waals surface area contributed by atoms with Crippen molar-refractivity contribution in [3.63, 3.8) is 0 Å². The number of carbonyl (C=O) groups excluding carboxylic acids is 3. The van der Waals surface area contributed by atoms with Crippen molar-refractivity contribution in [3.8, 4) is 11.1 Å². The zero-order valence-corrected chi connectivity index (χ0v) is 29.3. The second-order valence-corrected chi connectivity index (χ2v) is 9.99. The average molecular weight is 624 g/mol. The molecule has 3 aromatic rings. The van der Waals surface area contributed by atoms with Crippen LogP contribution in [0.15, 0.2) is 78.9 Å². The minimum absolute atomic E-state index is 0. The molecule has 4 rings (SSSR count). The third kappa shape index (κ3) is 9.69. The van der Waals surface area contributed by atoms with Gasteiger partial charge in [0.25, 0.3) is 12.4 Å². The number of aryl methyl sites for hydroxylation is 1. The molecule has 1 aliphatic rings. The number of halogens is 1. The van der Waals surface area contributed by atoms with Gasteiger partial charge in [-0.3, -0.25) is 4.79 Å². The van der Waals surface area contributed by atoms with Crippen molar-refractivity contribution in [3.05, 3.63) is 95.8 Å². The van der Waals surface area contributed by atoms with E-state index in [2.05, 4.69) is 0 Å². The first-order chi connectivity index (χ1) is 20.2. The van der Waals surface area contributed by atoms with E-state index in [4.69, 9.17) is 14.2 Å². The van der Waals surface area contributed by atoms with Crippen LogP contribution >= 0.6 is 0 Å². The average Bonchev–Trinajstić information content (AvgIpc) is 3.41. The van der Waals surface area contributed by atoms with Gasteiger partial charge >= 0.3 is 59.1 Å². The number of aliphatic carboxylic acids is 2. The predicted molar refractivity (Wildman–Crippen MR) is 146 cm³/mol. The number of ether oxygens (including phenoxy) is 3. The maximum atomic E-state index is 15.5. The van der Waals surface area contributed by atoms with Crippen molar-refractivity contribution < 1.29 is 102 Å². The molecule has 1 fully saturated rings. The molecule has 1 aliphatic heterocycles. The number of amides is 1. The Morgan fingerprint density at radius 3 is 2.11 bits per heavy atom. The van der Waals surface area contributed by atoms with E-state index in [0.29, 0.717) is 29.5 Å². The Hall–Kier alpha value is -2.12. The van der Waals surface area contributed by atoms with Crippen molar-refractivity contribution in [2.24, 2.45) is 0 Å². The van der Waals surface area contributed by atoms with Gasteiger partial charge in [-0.2, -0.15) is 0 Å². The molecule has 1 heterocycles. The molecule has 9 nitrogen and oxygen atoms in total. The second-order valence-electron chi connectivity index (χ2n) is 9.99. The fourth-order valence-corrected chi connectivity index (χ4v) is 5.21. The van der Waals surface area contributed by atoms with Crippen molar-refractivity contribution in [1.82, 2.24) is 4.90 Å². The summed E-state index contributed by atoms with van der Waals surface area (Å²) in [6, 6.07) is 22.5. The van der Waals surface area contributed by atoms with Crippen LogP contribution in [0.4, 0.5) is 4.39 Å². The number of hydrogen-bond acceptors (Lipinski definition) is 8. The van der Waals surface area contributed by atoms with E-state index in [0.717, 1.165) is 10.5 Å². The molecule has 5 unspecified atom stereocenters. The van der Waals surface area contributed by atoms with Crippen molar-refractivity contribution in [2.75, 3.05) is 13.2 Å². The molecule has 0 spiro atoms. The van der Waals surface area contributed by atoms with Gasteiger partial charge in [0.15, 0.2) is 6.10 Å². The fraction of sp³-hybridized carbons (Fsp3) is 0.344. The molecule has 0 bridgehead atoms. The van der Waals surface area contributed by atoms with E-state index in [9.17, 15) is 24.6 Å². The van der Waals surface area contributed by atoms with Gasteiger partial charge in [-0.15, -0.1) is 0 Å². The third-order valence-corrected chi connectivity index (χ3v) is 7.32. The Morgan fingerprint density at radius 1 is 0.932 bits per heavy atom. The van der Waals surface area contributed by atoms with E-state index in [-0.39, 0.29) is 65.7 Å². The van der Waals surface area contributed by atoms with Gasteiger partial charge in [-0.05, 0) is 49.4 Å². The van der Waals surface area contributed by atoms with Gasteiger partial charge in [0.05, 0.1) is 18.5 Å². The zero-order valence-electron chi connectivity index (χ0n) is 25.3. The summed E-state index contributed by atoms with van der Waals surface area (Å²) in [6.07, 6.45) is -2.58. The minimum Gasteiger partial charge on any atom is -0.548 e. The molecule has 0 saturated carbocycles. The van der Waals surface area contributed by atoms with Crippen LogP contribution < -0.4 is 69.3 Å². The topological polar surface area (TPSA) is 128 Å². The summed E-state index contributed by atoms with van der Waals surface area (Å²) >= 11 is 0. The Morgan fingerprint density at radius 2 is 1.55 bits per heavy atom. The van der Waals surface area contributed by atoms with Crippen LogP contribution in [0.1, 0.15) is 37.3 Å². The summed E-state index contributed by atoms with van der Waals surface area (Å²) in [6.45, 7) is 1.06. The third-order valence-electron chi connectivity index (χ3n) is 7.32. The SMILES string of the molecule is CCOC1OC(C(=O)[O-])C(C(=O)N(CC(=O)[O-])C(C)C(CCc2ccccc2)c2ccc(-c3ccccc3)c(F)c2)O1.[Na+].[Na+]. The van der Waals surface area contributed by atoms with Crippen LogP contribution in [0, 0.1) is 5.82 Å². The molecule has 3 aromatic carbocycles. The Bertz CT molecular complexity index is 1380. The molecular weight excluding hydrogens is 591 g/mol. The number of benzene rings is 3. The van der Waals surface area contributed by atoms with Crippen LogP contribution in [0.3, 0.4) is 0 Å². The summed E-state index contributed by atoms with van der Waals surface area (Å²) in [4.78, 5) is 38.3. The van der Waals surface area contributed by atoms with Gasteiger partial charge in [0.1, 0.15) is 11.9 Å². The Balaban J connectivity index is 0.00000337. The van der Waals surface area contributed by atoms with Crippen molar-refractivity contribution in [2.45, 2.75) is 57.3 Å². The first kappa shape index (κ1) is 38.1. The smallest absolute Gasteiger partial charge is 0.548 e. The molecule has 12 heteroatoms. The maximum Gasteiger partial charge on any atom is 1.00 e. The number of nitrogens with zero attached hydrogens (tertiary/aromatic N) is 1. The summed E-state index contributed by atoms with van der Waals surface area (Å²) in [7, 11) is 0. The van der Waals surface area contributed by atoms with Crippen LogP contribution in [0.25, 0.3) is 11.1 Å². The number of carboxylic acid groups (broad SMARTS) is 2. The molecule has 0 radical (unpaired) electrons. The fourth-order valence-electron chi connectivity index (χ4n) is 5.21. The van der Waals surface area contributed by atoms with E-state index in [1.54, 1.807) is 38.1 Å². The standard InChI is InChI=1S/C32H34FNO8.2Na/c1-3-40-32-41-28(29(42-32)31(38)39)30(37)34(19-27(35)36)20(2)24(16-14-21-10-6-4-7-11-21)23-15-17-25(26(33)18-23)22-12-8-5-9-13-22;;/h4-13,15,17-18,20,24,28-29,32H,3,14,16,19H2,1-2H3,(H,35,36)(H,38,39);;/q;2*+1/p-2. The van der Waals surface area contributed by atoms with Crippen LogP contribution in [0.2, 0.25) is 0 Å². The molecule has 0 aliphatic carbocycles. The van der Waals surface area contributed by atoms with Gasteiger partial charge in [-0.25, -0.2) is 4.39 Å². The number of rotatable bonds is 13. The zero-order chi connectivity index (χ0) is 30.2. The Labute approximate surface area is 300 Å². The molecule has 1 saturated heterocycles. The number of carboxylic acids is 2. The van der Waals surface area contributed by atoms with Crippen LogP contribution in [-0.2, 0) is 35.0 Å². The van der Waals surface area contributed by atoms with E-state index >= 15 is 4.39 Å². The van der Waals surface area contributed by atoms with E-state index in [1.165, 1.54) is 6.07 Å². The number of hydrogen-bond donors (Lipinski definition) is 0. The predicted octanol–water partition coefficient (Wildman–Crippen LogP) is -3.96. The quantitative estimate of drug-likeness (QED) is 0.177. The van der Waals surface area contributed by atoms with Gasteiger partial charge < -0.3 is 38.9 Å². The summed E-state index contributed by atoms with van der Waals surface area (Å²) in [5.74, 6) is -5.25. The molecule has 5 atom stereocenters. The van der Waals surface area contributed by atoms with E-state index < -0.39 is 60.9 Å². The first-order valence-corrected chi connectivity index (χ1v) is 13.7. The number of carbonyl (C=O) groups is 3. The largest absolute Gasteiger partial charge is 1.00 e. The summed E-state index contributed by atoms with van der Waals surface area (Å²) in [5.41, 5.74) is 2.63. The van der Waals surface area contributed by atoms with E-state index in [1.807, 2.05) is 48.5 Å². The molecule has 1 amide bonds. The van der Waals surface area contributed by atoms with Gasteiger partial charge in [0, 0.05) is 24.1 Å². The van der Waals surface area contributed by atoms with Gasteiger partial charge in [-0.1, -0.05) is 72.8 Å². The van der Waals surface area contributed by atoms with Crippen molar-refractivity contribution in [1.29, 1.82) is 0 Å². The summed E-state index contributed by atoms with van der Waals surface area (Å²) in [5, 5.41) is 23.6. The summed E-state index contributed by atoms with van der Waals surface area (Å²) < 4.78 is 31.3. The monoisotopic (exact) mass is 623 g/mol. The molecule has 0 aromatic heterocycles. The minimum atomic E-state index is -1.82. The maximum absolute atomic E-state index is 15.5. The van der Waals surface area contributed by atoms with Gasteiger partial charge in [0.2, 0.25) is 0 Å². The molecular formula is C32H32FNNa2O8. The van der Waals surface area contributed by atoms with Crippen LogP contribution in [-0.4, -0.2) is 60.6 Å².